The summed E-state index contributed by atoms with van der Waals surface area (Å²) in [4.78, 5) is 16.2. The molecule has 0 fully saturated rings. The molecule has 0 saturated heterocycles. The van der Waals surface area contributed by atoms with Gasteiger partial charge in [0.15, 0.2) is 4.83 Å². The highest BCUT2D eigenvalue weighted by molar-refractivity contribution is 7.20. The lowest BCUT2D eigenvalue weighted by Crippen LogP contribution is -2.25. The smallest absolute Gasteiger partial charge is 0.289 e. The van der Waals surface area contributed by atoms with Crippen LogP contribution in [0, 0.1) is 17.1 Å². The third kappa shape index (κ3) is 3.22. The molecule has 3 aromatic rings. The third-order valence-corrected chi connectivity index (χ3v) is 4.91. The van der Waals surface area contributed by atoms with E-state index in [1.165, 1.54) is 6.07 Å². The quantitative estimate of drug-likeness (QED) is 0.661. The number of nitrogens with one attached hydrogen (secondary N) is 2. The van der Waals surface area contributed by atoms with Crippen molar-refractivity contribution in [3.63, 3.8) is 0 Å². The molecule has 1 aromatic carbocycles. The predicted molar refractivity (Wildman–Crippen MR) is 94.4 cm³/mol. The second-order valence-electron chi connectivity index (χ2n) is 5.39. The lowest BCUT2D eigenvalue weighted by Gasteiger charge is -2.05. The Hall–Kier alpha value is -3.18. The summed E-state index contributed by atoms with van der Waals surface area (Å²) in [6, 6.07) is 9.95. The monoisotopic (exact) mass is 356 g/mol. The largest absolute Gasteiger partial charge is 0.397 e. The van der Waals surface area contributed by atoms with Crippen LogP contribution in [0.15, 0.2) is 30.3 Å². The minimum Gasteiger partial charge on any atom is -0.397 e. The van der Waals surface area contributed by atoms with E-state index in [-0.39, 0.29) is 35.3 Å². The first-order valence-electron chi connectivity index (χ1n) is 7.46. The maximum Gasteiger partial charge on any atom is 0.289 e. The zero-order chi connectivity index (χ0) is 18.0. The van der Waals surface area contributed by atoms with Gasteiger partial charge in [0, 0.05) is 6.54 Å². The fourth-order valence-corrected chi connectivity index (χ4v) is 3.49. The Morgan fingerprint density at radius 1 is 1.36 bits per heavy atom. The SMILES string of the molecule is N#Cc1cc2c(N)c(C(=O)NCCc3ccccc3F)sc2[nH+]c1N. The molecule has 0 saturated carbocycles. The summed E-state index contributed by atoms with van der Waals surface area (Å²) in [6.07, 6.45) is 0.376. The van der Waals surface area contributed by atoms with Gasteiger partial charge in [-0.1, -0.05) is 29.5 Å². The number of aromatic nitrogens is 1. The predicted octanol–water partition coefficient (Wildman–Crippen LogP) is 1.86. The number of benzene rings is 1. The zero-order valence-electron chi connectivity index (χ0n) is 13.1. The molecule has 1 amide bonds. The van der Waals surface area contributed by atoms with E-state index in [1.807, 2.05) is 6.07 Å². The van der Waals surface area contributed by atoms with E-state index in [1.54, 1.807) is 24.3 Å². The third-order valence-electron chi connectivity index (χ3n) is 3.78. The van der Waals surface area contributed by atoms with E-state index < -0.39 is 0 Å². The molecule has 0 aliphatic carbocycles. The molecule has 0 radical (unpaired) electrons. The number of hydrogen-bond acceptors (Lipinski definition) is 5. The number of carbonyl (C=O) groups is 1. The number of carbonyl (C=O) groups excluding carboxylic acids is 1. The van der Waals surface area contributed by atoms with Crippen molar-refractivity contribution in [3.05, 3.63) is 52.2 Å². The standard InChI is InChI=1S/C17H14FN5OS/c18-12-4-2-1-3-9(12)5-6-22-16(24)14-13(20)11-7-10(8-19)15(21)23-17(11)25-14/h1-4,7H,5-6,20H2,(H2,21,23)(H,22,24)/p+1. The minimum atomic E-state index is -0.347. The van der Waals surface area contributed by atoms with Gasteiger partial charge in [0.05, 0.1) is 11.1 Å². The molecule has 2 aromatic heterocycles. The number of aromatic amines is 1. The number of H-pyrrole nitrogens is 1. The molecular weight excluding hydrogens is 341 g/mol. The Bertz CT molecular complexity index is 1010. The number of nitrogens with zero attached hydrogens (tertiary/aromatic N) is 1. The second-order valence-corrected chi connectivity index (χ2v) is 6.41. The number of rotatable bonds is 4. The number of amides is 1. The van der Waals surface area contributed by atoms with Gasteiger partial charge in [-0.3, -0.25) is 10.5 Å². The normalized spacial score (nSPS) is 10.6. The van der Waals surface area contributed by atoms with Crippen LogP contribution in [-0.2, 0) is 6.42 Å². The summed E-state index contributed by atoms with van der Waals surface area (Å²) in [5, 5.41) is 12.3. The molecule has 0 bridgehead atoms. The molecule has 0 spiro atoms. The lowest BCUT2D eigenvalue weighted by atomic mass is 10.1. The van der Waals surface area contributed by atoms with Crippen molar-refractivity contribution in [2.45, 2.75) is 6.42 Å². The lowest BCUT2D eigenvalue weighted by molar-refractivity contribution is -0.323. The van der Waals surface area contributed by atoms with Gasteiger partial charge in [-0.15, -0.1) is 0 Å². The van der Waals surface area contributed by atoms with E-state index in [2.05, 4.69) is 10.3 Å². The maximum absolute atomic E-state index is 13.6. The number of halogens is 1. The number of thiophene rings is 1. The first kappa shape index (κ1) is 16.7. The van der Waals surface area contributed by atoms with Gasteiger partial charge in [0.2, 0.25) is 0 Å². The van der Waals surface area contributed by atoms with Crippen LogP contribution < -0.4 is 21.8 Å². The summed E-state index contributed by atoms with van der Waals surface area (Å²) in [5.41, 5.74) is 12.9. The van der Waals surface area contributed by atoms with Gasteiger partial charge in [-0.2, -0.15) is 5.26 Å². The molecule has 126 valence electrons. The summed E-state index contributed by atoms with van der Waals surface area (Å²) in [5.74, 6) is -0.421. The fraction of sp³-hybridized carbons (Fsp3) is 0.118. The summed E-state index contributed by atoms with van der Waals surface area (Å²) in [7, 11) is 0. The van der Waals surface area contributed by atoms with E-state index in [9.17, 15) is 9.18 Å². The van der Waals surface area contributed by atoms with Gasteiger partial charge < -0.3 is 11.1 Å². The number of nitriles is 1. The molecule has 6 N–H and O–H groups in total. The number of hydrogen-bond donors (Lipinski definition) is 3. The zero-order valence-corrected chi connectivity index (χ0v) is 13.9. The van der Waals surface area contributed by atoms with E-state index in [0.29, 0.717) is 27.1 Å². The molecule has 3 rings (SSSR count). The highest BCUT2D eigenvalue weighted by Crippen LogP contribution is 2.32. The highest BCUT2D eigenvalue weighted by atomic mass is 32.1. The van der Waals surface area contributed by atoms with Gasteiger partial charge in [-0.25, -0.2) is 9.37 Å². The Morgan fingerprint density at radius 3 is 2.84 bits per heavy atom. The second kappa shape index (κ2) is 6.75. The van der Waals surface area contributed by atoms with Crippen molar-refractivity contribution in [1.82, 2.24) is 5.32 Å². The van der Waals surface area contributed by atoms with Gasteiger partial charge in [0.1, 0.15) is 22.3 Å². The van der Waals surface area contributed by atoms with Crippen LogP contribution in [0.3, 0.4) is 0 Å². The van der Waals surface area contributed by atoms with E-state index >= 15 is 0 Å². The number of nitrogen functional groups attached to an aromatic ring is 2. The van der Waals surface area contributed by atoms with Crippen molar-refractivity contribution in [2.75, 3.05) is 18.0 Å². The molecule has 25 heavy (non-hydrogen) atoms. The summed E-state index contributed by atoms with van der Waals surface area (Å²) < 4.78 is 13.6. The maximum atomic E-state index is 13.6. The van der Waals surface area contributed by atoms with E-state index in [0.717, 1.165) is 11.3 Å². The minimum absolute atomic E-state index is 0.225. The van der Waals surface area contributed by atoms with Gasteiger partial charge in [-0.05, 0) is 24.1 Å². The molecule has 6 nitrogen and oxygen atoms in total. The van der Waals surface area contributed by atoms with Crippen molar-refractivity contribution in [3.8, 4) is 6.07 Å². The molecule has 8 heteroatoms. The molecule has 0 atom stereocenters. The summed E-state index contributed by atoms with van der Waals surface area (Å²) in [6.45, 7) is 0.281. The molecular formula is C17H15FN5OS+. The average molecular weight is 356 g/mol. The Labute approximate surface area is 146 Å². The number of nitrogens with two attached hydrogens (primary N) is 2. The first-order chi connectivity index (χ1) is 12.0. The Kier molecular flexibility index (Phi) is 4.50. The van der Waals surface area contributed by atoms with Gasteiger partial charge >= 0.3 is 0 Å². The number of pyridine rings is 1. The topological polar surface area (TPSA) is 119 Å². The molecule has 0 aliphatic rings. The molecule has 0 unspecified atom stereocenters. The van der Waals surface area contributed by atoms with Crippen LogP contribution in [0.2, 0.25) is 0 Å². The van der Waals surface area contributed by atoms with Crippen LogP contribution in [-0.4, -0.2) is 12.5 Å². The van der Waals surface area contributed by atoms with Crippen molar-refractivity contribution < 1.29 is 14.2 Å². The van der Waals surface area contributed by atoms with Crippen molar-refractivity contribution >= 4 is 39.0 Å². The Balaban J connectivity index is 1.77. The van der Waals surface area contributed by atoms with Crippen LogP contribution in [0.25, 0.3) is 10.2 Å². The van der Waals surface area contributed by atoms with Crippen LogP contribution >= 0.6 is 11.3 Å². The average Bonchev–Trinajstić information content (AvgIpc) is 2.91. The number of anilines is 2. The Morgan fingerprint density at radius 2 is 2.12 bits per heavy atom. The van der Waals surface area contributed by atoms with Crippen molar-refractivity contribution in [2.24, 2.45) is 0 Å². The fourth-order valence-electron chi connectivity index (χ4n) is 2.46. The van der Waals surface area contributed by atoms with Gasteiger partial charge in [0.25, 0.3) is 11.7 Å². The molecule has 2 heterocycles. The summed E-state index contributed by atoms with van der Waals surface area (Å²) >= 11 is 1.16. The number of fused-ring (bicyclic) bond motifs is 1. The van der Waals surface area contributed by atoms with Crippen LogP contribution in [0.5, 0.6) is 0 Å². The highest BCUT2D eigenvalue weighted by Gasteiger charge is 2.20. The molecule has 0 aliphatic heterocycles. The van der Waals surface area contributed by atoms with E-state index in [4.69, 9.17) is 16.7 Å². The van der Waals surface area contributed by atoms with Crippen molar-refractivity contribution in [1.29, 1.82) is 5.26 Å². The first-order valence-corrected chi connectivity index (χ1v) is 8.28. The van der Waals surface area contributed by atoms with Crippen LogP contribution in [0.4, 0.5) is 15.9 Å². The van der Waals surface area contributed by atoms with Crippen LogP contribution in [0.1, 0.15) is 20.8 Å².